The summed E-state index contributed by atoms with van der Waals surface area (Å²) >= 11 is 1.29. The lowest BCUT2D eigenvalue weighted by Gasteiger charge is -2.01. The Labute approximate surface area is 156 Å². The highest BCUT2D eigenvalue weighted by Crippen LogP contribution is 2.19. The van der Waals surface area contributed by atoms with E-state index in [4.69, 9.17) is 4.52 Å². The fraction of sp³-hybridized carbons (Fsp3) is 0. The lowest BCUT2D eigenvalue weighted by molar-refractivity contribution is 0.0957. The van der Waals surface area contributed by atoms with Crippen LogP contribution in [0.5, 0.6) is 0 Å². The monoisotopic (exact) mass is 380 g/mol. The molecule has 10 nitrogen and oxygen atoms in total. The maximum absolute atomic E-state index is 12.2. The first kappa shape index (κ1) is 16.6. The van der Waals surface area contributed by atoms with Crippen molar-refractivity contribution >= 4 is 34.2 Å². The highest BCUT2D eigenvalue weighted by Gasteiger charge is 2.13. The largest absolute Gasteiger partial charge is 0.340 e. The van der Waals surface area contributed by atoms with E-state index in [1.165, 1.54) is 11.3 Å². The van der Waals surface area contributed by atoms with E-state index in [0.717, 1.165) is 5.56 Å². The Morgan fingerprint density at radius 3 is 2.78 bits per heavy atom. The zero-order chi connectivity index (χ0) is 18.5. The van der Waals surface area contributed by atoms with Crippen LogP contribution >= 0.6 is 11.3 Å². The summed E-state index contributed by atoms with van der Waals surface area (Å²) in [6.07, 6.45) is 4.91. The summed E-state index contributed by atoms with van der Waals surface area (Å²) in [5.41, 5.74) is 6.01. The van der Waals surface area contributed by atoms with E-state index in [9.17, 15) is 4.79 Å². The first-order valence-corrected chi connectivity index (χ1v) is 8.60. The first-order valence-electron chi connectivity index (χ1n) is 7.72. The van der Waals surface area contributed by atoms with Crippen molar-refractivity contribution in [2.45, 2.75) is 0 Å². The molecule has 4 rings (SSSR count). The normalized spacial score (nSPS) is 10.4. The summed E-state index contributed by atoms with van der Waals surface area (Å²) < 4.78 is 5.04. The van der Waals surface area contributed by atoms with Crippen LogP contribution in [0.2, 0.25) is 0 Å². The third-order valence-electron chi connectivity index (χ3n) is 3.28. The molecule has 0 aliphatic rings. The number of hydrogen-bond acceptors (Lipinski definition) is 10. The van der Waals surface area contributed by atoms with Crippen molar-refractivity contribution in [1.29, 1.82) is 0 Å². The van der Waals surface area contributed by atoms with E-state index >= 15 is 0 Å². The van der Waals surface area contributed by atoms with E-state index in [1.807, 2.05) is 12.1 Å². The average Bonchev–Trinajstić information content (AvgIpc) is 3.37. The van der Waals surface area contributed by atoms with Gasteiger partial charge >= 0.3 is 6.01 Å². The molecular weight excluding hydrogens is 368 g/mol. The van der Waals surface area contributed by atoms with Crippen LogP contribution in [0.15, 0.2) is 58.8 Å². The molecule has 0 fully saturated rings. The molecule has 0 radical (unpaired) electrons. The molecule has 3 N–H and O–H groups in total. The van der Waals surface area contributed by atoms with Crippen LogP contribution in [-0.2, 0) is 0 Å². The van der Waals surface area contributed by atoms with Crippen LogP contribution < -0.4 is 16.2 Å². The summed E-state index contributed by atoms with van der Waals surface area (Å²) in [5, 5.41) is 9.03. The topological polar surface area (TPSA) is 131 Å². The fourth-order valence-electron chi connectivity index (χ4n) is 2.05. The van der Waals surface area contributed by atoms with Crippen molar-refractivity contribution in [3.8, 4) is 11.4 Å². The maximum Gasteiger partial charge on any atom is 0.340 e. The molecule has 0 saturated carbocycles. The number of aromatic nitrogens is 5. The summed E-state index contributed by atoms with van der Waals surface area (Å²) in [5.74, 6) is 0.583. The highest BCUT2D eigenvalue weighted by atomic mass is 32.1. The minimum atomic E-state index is -0.441. The lowest BCUT2D eigenvalue weighted by Crippen LogP contribution is -2.29. The number of rotatable bonds is 6. The number of carbonyl (C=O) groups is 1. The van der Waals surface area contributed by atoms with Crippen LogP contribution in [0.25, 0.3) is 11.4 Å². The van der Waals surface area contributed by atoms with Crippen LogP contribution in [0.3, 0.4) is 0 Å². The number of nitrogens with zero attached hydrogens (tertiary/aromatic N) is 5. The third-order valence-corrected chi connectivity index (χ3v) is 4.04. The summed E-state index contributed by atoms with van der Waals surface area (Å²) in [7, 11) is 0. The SMILES string of the molecule is O=C(NNc1nc(-c2ccncc2)no1)c1csc(Nc2ccccn2)n1. The molecule has 0 aliphatic heterocycles. The molecule has 27 heavy (non-hydrogen) atoms. The quantitative estimate of drug-likeness (QED) is 0.432. The molecule has 4 aromatic rings. The fourth-order valence-corrected chi connectivity index (χ4v) is 2.75. The zero-order valence-electron chi connectivity index (χ0n) is 13.7. The van der Waals surface area contributed by atoms with Crippen LogP contribution in [0, 0.1) is 0 Å². The maximum atomic E-state index is 12.2. The number of nitrogens with one attached hydrogen (secondary N) is 3. The van der Waals surface area contributed by atoms with Crippen LogP contribution in [0.4, 0.5) is 17.0 Å². The minimum Gasteiger partial charge on any atom is -0.316 e. The molecule has 4 aromatic heterocycles. The number of pyridine rings is 2. The minimum absolute atomic E-state index is 0.0530. The number of carbonyl (C=O) groups excluding carboxylic acids is 1. The van der Waals surface area contributed by atoms with E-state index in [-0.39, 0.29) is 11.7 Å². The smallest absolute Gasteiger partial charge is 0.316 e. The second-order valence-electron chi connectivity index (χ2n) is 5.12. The van der Waals surface area contributed by atoms with Gasteiger partial charge in [-0.15, -0.1) is 11.3 Å². The van der Waals surface area contributed by atoms with Crippen LogP contribution in [-0.4, -0.2) is 31.0 Å². The Bertz CT molecular complexity index is 1030. The van der Waals surface area contributed by atoms with Crippen molar-refractivity contribution in [3.63, 3.8) is 0 Å². The molecule has 0 aromatic carbocycles. The van der Waals surface area contributed by atoms with Gasteiger partial charge < -0.3 is 9.84 Å². The van der Waals surface area contributed by atoms with Gasteiger partial charge in [-0.05, 0) is 24.3 Å². The van der Waals surface area contributed by atoms with Gasteiger partial charge in [0.05, 0.1) is 0 Å². The summed E-state index contributed by atoms with van der Waals surface area (Å²) in [6, 6.07) is 9.02. The highest BCUT2D eigenvalue weighted by molar-refractivity contribution is 7.14. The predicted octanol–water partition coefficient (Wildman–Crippen LogP) is 2.48. The van der Waals surface area contributed by atoms with Gasteiger partial charge in [0, 0.05) is 29.5 Å². The Morgan fingerprint density at radius 1 is 1.07 bits per heavy atom. The van der Waals surface area contributed by atoms with Gasteiger partial charge in [-0.2, -0.15) is 4.98 Å². The van der Waals surface area contributed by atoms with Gasteiger partial charge in [-0.25, -0.2) is 15.4 Å². The molecule has 0 bridgehead atoms. The molecular formula is C16H12N8O2S. The van der Waals surface area contributed by atoms with E-state index in [1.54, 1.807) is 42.2 Å². The Morgan fingerprint density at radius 2 is 1.96 bits per heavy atom. The molecule has 134 valence electrons. The van der Waals surface area contributed by atoms with Crippen molar-refractivity contribution < 1.29 is 9.32 Å². The average molecular weight is 380 g/mol. The van der Waals surface area contributed by atoms with E-state index < -0.39 is 5.91 Å². The number of anilines is 3. The van der Waals surface area contributed by atoms with Crippen molar-refractivity contribution in [3.05, 3.63) is 60.0 Å². The van der Waals surface area contributed by atoms with Gasteiger partial charge in [-0.3, -0.25) is 15.2 Å². The van der Waals surface area contributed by atoms with Crippen LogP contribution in [0.1, 0.15) is 10.5 Å². The second kappa shape index (κ2) is 7.58. The molecule has 0 saturated heterocycles. The molecule has 0 aliphatic carbocycles. The summed E-state index contributed by atoms with van der Waals surface area (Å²) in [6.45, 7) is 0. The Balaban J connectivity index is 1.35. The van der Waals surface area contributed by atoms with Crippen molar-refractivity contribution in [1.82, 2.24) is 30.5 Å². The van der Waals surface area contributed by atoms with Gasteiger partial charge in [0.25, 0.3) is 5.91 Å². The standard InChI is InChI=1S/C16H12N8O2S/c25-14(11-9-27-16(19-11)20-12-3-1-2-6-18-12)22-23-15-21-13(24-26-15)10-4-7-17-8-5-10/h1-9H,(H,22,25)(H,18,19,20)(H,21,23,24). The van der Waals surface area contributed by atoms with Gasteiger partial charge in [-0.1, -0.05) is 11.2 Å². The molecule has 4 heterocycles. The van der Waals surface area contributed by atoms with Crippen molar-refractivity contribution in [2.24, 2.45) is 0 Å². The third kappa shape index (κ3) is 4.04. The van der Waals surface area contributed by atoms with Gasteiger partial charge in [0.1, 0.15) is 11.5 Å². The predicted molar refractivity (Wildman–Crippen MR) is 98.3 cm³/mol. The Kier molecular flexibility index (Phi) is 4.66. The molecule has 0 unspecified atom stereocenters. The van der Waals surface area contributed by atoms with Crippen molar-refractivity contribution in [2.75, 3.05) is 10.7 Å². The number of hydrazine groups is 1. The van der Waals surface area contributed by atoms with Gasteiger partial charge in [0.2, 0.25) is 5.82 Å². The van der Waals surface area contributed by atoms with E-state index in [0.29, 0.717) is 16.8 Å². The lowest BCUT2D eigenvalue weighted by atomic mass is 10.3. The number of amides is 1. The Hall–Kier alpha value is -3.86. The van der Waals surface area contributed by atoms with Gasteiger partial charge in [0.15, 0.2) is 5.13 Å². The second-order valence-corrected chi connectivity index (χ2v) is 5.97. The first-order chi connectivity index (χ1) is 13.3. The molecule has 11 heteroatoms. The number of hydrogen-bond donors (Lipinski definition) is 3. The van der Waals surface area contributed by atoms with E-state index in [2.05, 4.69) is 41.3 Å². The molecule has 1 amide bonds. The molecule has 0 atom stereocenters. The molecule has 0 spiro atoms. The summed E-state index contributed by atoms with van der Waals surface area (Å²) in [4.78, 5) is 28.6. The number of thiazole rings is 1. The zero-order valence-corrected chi connectivity index (χ0v) is 14.5.